The molecule has 0 spiro atoms. The van der Waals surface area contributed by atoms with Gasteiger partial charge in [-0.25, -0.2) is 12.7 Å². The number of unbranched alkanes of at least 4 members (excludes halogenated alkanes) is 1. The van der Waals surface area contributed by atoms with Gasteiger partial charge in [0.15, 0.2) is 0 Å². The fraction of sp³-hybridized carbons (Fsp3) is 0.632. The fourth-order valence-corrected chi connectivity index (χ4v) is 5.08. The van der Waals surface area contributed by atoms with Gasteiger partial charge in [0.1, 0.15) is 23.5 Å². The molecule has 0 saturated carbocycles. The van der Waals surface area contributed by atoms with E-state index in [0.717, 1.165) is 6.42 Å². The van der Waals surface area contributed by atoms with Crippen LogP contribution < -0.4 is 10.1 Å². The first-order valence-electron chi connectivity index (χ1n) is 9.75. The average Bonchev–Trinajstić information content (AvgIpc) is 2.71. The van der Waals surface area contributed by atoms with Crippen molar-refractivity contribution in [1.29, 1.82) is 0 Å². The van der Waals surface area contributed by atoms with Crippen LogP contribution in [0.5, 0.6) is 5.75 Å². The van der Waals surface area contributed by atoms with Gasteiger partial charge >= 0.3 is 0 Å². The van der Waals surface area contributed by atoms with Crippen LogP contribution in [0.1, 0.15) is 32.6 Å². The number of hydrogen-bond donors (Lipinski definition) is 2. The number of benzene rings is 1. The highest BCUT2D eigenvalue weighted by atomic mass is 35.5. The number of rotatable bonds is 10. The Morgan fingerprint density at radius 3 is 2.69 bits per heavy atom. The summed E-state index contributed by atoms with van der Waals surface area (Å²) in [5.41, 5.74) is 0. The Hall–Kier alpha value is -1.06. The number of amides is 1. The first-order chi connectivity index (χ1) is 13.7. The number of aliphatic hydroxyl groups excluding tert-OH is 1. The van der Waals surface area contributed by atoms with Crippen LogP contribution in [0.4, 0.5) is 0 Å². The van der Waals surface area contributed by atoms with Crippen molar-refractivity contribution in [3.05, 3.63) is 28.2 Å². The molecule has 7 nitrogen and oxygen atoms in total. The molecule has 1 aromatic carbocycles. The van der Waals surface area contributed by atoms with Crippen LogP contribution in [0, 0.1) is 5.92 Å². The van der Waals surface area contributed by atoms with E-state index in [1.165, 1.54) is 4.31 Å². The van der Waals surface area contributed by atoms with E-state index in [0.29, 0.717) is 43.1 Å². The highest BCUT2D eigenvalue weighted by molar-refractivity contribution is 7.89. The maximum Gasteiger partial charge on any atom is 0.223 e. The van der Waals surface area contributed by atoms with Crippen molar-refractivity contribution in [2.24, 2.45) is 5.92 Å². The topological polar surface area (TPSA) is 95.9 Å². The minimum absolute atomic E-state index is 0.0338. The lowest BCUT2D eigenvalue weighted by Crippen LogP contribution is -2.45. The zero-order valence-corrected chi connectivity index (χ0v) is 18.8. The van der Waals surface area contributed by atoms with Crippen molar-refractivity contribution in [3.8, 4) is 5.75 Å². The third-order valence-electron chi connectivity index (χ3n) is 4.83. The highest BCUT2D eigenvalue weighted by Gasteiger charge is 2.30. The zero-order valence-electron chi connectivity index (χ0n) is 16.4. The van der Waals surface area contributed by atoms with Crippen molar-refractivity contribution in [3.63, 3.8) is 0 Å². The van der Waals surface area contributed by atoms with E-state index in [2.05, 4.69) is 5.32 Å². The van der Waals surface area contributed by atoms with Crippen LogP contribution in [0.2, 0.25) is 10.0 Å². The standard InChI is InChI=1S/C19H28Cl2N2O5S/c1-2-3-11-29(26,27)23-9-7-14(8-10-23)19(25)22-12-15(24)13-28-17-6-4-5-16(20)18(17)21/h4-6,14-15,24H,2-3,7-13H2,1H3,(H,22,25). The number of piperidine rings is 1. The summed E-state index contributed by atoms with van der Waals surface area (Å²) in [5, 5.41) is 13.4. The molecule has 1 unspecified atom stereocenters. The largest absolute Gasteiger partial charge is 0.489 e. The average molecular weight is 467 g/mol. The van der Waals surface area contributed by atoms with Crippen molar-refractivity contribution in [2.75, 3.05) is 32.0 Å². The Morgan fingerprint density at radius 1 is 1.34 bits per heavy atom. The van der Waals surface area contributed by atoms with E-state index in [1.807, 2.05) is 6.92 Å². The molecule has 1 saturated heterocycles. The molecular weight excluding hydrogens is 439 g/mol. The third-order valence-corrected chi connectivity index (χ3v) is 7.59. The van der Waals surface area contributed by atoms with E-state index < -0.39 is 16.1 Å². The first-order valence-corrected chi connectivity index (χ1v) is 12.1. The van der Waals surface area contributed by atoms with Gasteiger partial charge in [-0.3, -0.25) is 4.79 Å². The van der Waals surface area contributed by atoms with Crippen LogP contribution in [0.3, 0.4) is 0 Å². The molecule has 2 N–H and O–H groups in total. The maximum atomic E-state index is 12.3. The molecular formula is C19H28Cl2N2O5S. The van der Waals surface area contributed by atoms with Crippen LogP contribution in [-0.2, 0) is 14.8 Å². The normalized spacial score (nSPS) is 17.1. The molecule has 2 rings (SSSR count). The van der Waals surface area contributed by atoms with Crippen LogP contribution in [0.15, 0.2) is 18.2 Å². The molecule has 1 amide bonds. The molecule has 1 atom stereocenters. The quantitative estimate of drug-likeness (QED) is 0.552. The lowest BCUT2D eigenvalue weighted by Gasteiger charge is -2.30. The molecule has 0 bridgehead atoms. The first kappa shape index (κ1) is 24.2. The second kappa shape index (κ2) is 11.4. The van der Waals surface area contributed by atoms with Gasteiger partial charge in [-0.2, -0.15) is 0 Å². The van der Waals surface area contributed by atoms with Gasteiger partial charge in [0.2, 0.25) is 15.9 Å². The van der Waals surface area contributed by atoms with Gasteiger partial charge in [0.05, 0.1) is 10.8 Å². The van der Waals surface area contributed by atoms with Gasteiger partial charge in [-0.15, -0.1) is 0 Å². The van der Waals surface area contributed by atoms with Crippen molar-refractivity contribution in [1.82, 2.24) is 9.62 Å². The summed E-state index contributed by atoms with van der Waals surface area (Å²) in [6.07, 6.45) is 1.50. The van der Waals surface area contributed by atoms with Crippen LogP contribution >= 0.6 is 23.2 Å². The predicted octanol–water partition coefficient (Wildman–Crippen LogP) is 2.69. The number of nitrogens with one attached hydrogen (secondary N) is 1. The smallest absolute Gasteiger partial charge is 0.223 e. The molecule has 1 aliphatic heterocycles. The Labute approximate surface area is 182 Å². The molecule has 1 aromatic rings. The summed E-state index contributed by atoms with van der Waals surface area (Å²) in [7, 11) is -3.24. The predicted molar refractivity (Wildman–Crippen MR) is 114 cm³/mol. The molecule has 0 radical (unpaired) electrons. The minimum Gasteiger partial charge on any atom is -0.489 e. The second-order valence-corrected chi connectivity index (χ2v) is 9.98. The summed E-state index contributed by atoms with van der Waals surface area (Å²) in [6.45, 7) is 2.64. The van der Waals surface area contributed by atoms with Gasteiger partial charge in [0.25, 0.3) is 0 Å². The molecule has 10 heteroatoms. The lowest BCUT2D eigenvalue weighted by molar-refractivity contribution is -0.126. The summed E-state index contributed by atoms with van der Waals surface area (Å²) in [5.74, 6) is 0.0724. The Kier molecular flexibility index (Phi) is 9.49. The van der Waals surface area contributed by atoms with Gasteiger partial charge < -0.3 is 15.2 Å². The van der Waals surface area contributed by atoms with Crippen molar-refractivity contribution in [2.45, 2.75) is 38.7 Å². The lowest BCUT2D eigenvalue weighted by atomic mass is 9.97. The Balaban J connectivity index is 1.72. The van der Waals surface area contributed by atoms with E-state index in [1.54, 1.807) is 18.2 Å². The molecule has 1 aliphatic rings. The van der Waals surface area contributed by atoms with E-state index in [9.17, 15) is 18.3 Å². The number of hydrogen-bond acceptors (Lipinski definition) is 5. The number of halogens is 2. The number of nitrogens with zero attached hydrogens (tertiary/aromatic N) is 1. The maximum absolute atomic E-state index is 12.3. The second-order valence-electron chi connectivity index (χ2n) is 7.10. The molecule has 1 fully saturated rings. The number of carbonyl (C=O) groups excluding carboxylic acids is 1. The van der Waals surface area contributed by atoms with Gasteiger partial charge in [-0.05, 0) is 31.4 Å². The van der Waals surface area contributed by atoms with E-state index >= 15 is 0 Å². The zero-order chi connectivity index (χ0) is 21.4. The number of ether oxygens (including phenoxy) is 1. The number of aliphatic hydroxyl groups is 1. The SMILES string of the molecule is CCCCS(=O)(=O)N1CCC(C(=O)NCC(O)COc2cccc(Cl)c2Cl)CC1. The van der Waals surface area contributed by atoms with Crippen LogP contribution in [-0.4, -0.2) is 61.8 Å². The summed E-state index contributed by atoms with van der Waals surface area (Å²) < 4.78 is 31.4. The summed E-state index contributed by atoms with van der Waals surface area (Å²) >= 11 is 11.9. The molecule has 164 valence electrons. The van der Waals surface area contributed by atoms with Crippen molar-refractivity contribution < 1.29 is 23.1 Å². The summed E-state index contributed by atoms with van der Waals surface area (Å²) in [4.78, 5) is 12.3. The van der Waals surface area contributed by atoms with E-state index in [-0.39, 0.29) is 35.8 Å². The van der Waals surface area contributed by atoms with Crippen LogP contribution in [0.25, 0.3) is 0 Å². The molecule has 0 aliphatic carbocycles. The molecule has 0 aromatic heterocycles. The van der Waals surface area contributed by atoms with Crippen molar-refractivity contribution >= 4 is 39.1 Å². The summed E-state index contributed by atoms with van der Waals surface area (Å²) in [6, 6.07) is 4.96. The number of sulfonamides is 1. The highest BCUT2D eigenvalue weighted by Crippen LogP contribution is 2.31. The fourth-order valence-electron chi connectivity index (χ4n) is 3.06. The Morgan fingerprint density at radius 2 is 2.03 bits per heavy atom. The molecule has 1 heterocycles. The van der Waals surface area contributed by atoms with Gasteiger partial charge in [0, 0.05) is 25.6 Å². The van der Waals surface area contributed by atoms with E-state index in [4.69, 9.17) is 27.9 Å². The molecule has 29 heavy (non-hydrogen) atoms. The minimum atomic E-state index is -3.24. The third kappa shape index (κ3) is 7.29. The monoisotopic (exact) mass is 466 g/mol. The number of carbonyl (C=O) groups is 1. The Bertz CT molecular complexity index is 783. The van der Waals surface area contributed by atoms with Gasteiger partial charge in [-0.1, -0.05) is 42.6 Å².